The molecule has 0 fully saturated rings. The molecule has 0 saturated heterocycles. The molecular formula is C29H48. The van der Waals surface area contributed by atoms with Gasteiger partial charge in [0.15, 0.2) is 0 Å². The van der Waals surface area contributed by atoms with Crippen LogP contribution < -0.4 is 0 Å². The second-order valence-electron chi connectivity index (χ2n) is 8.70. The topological polar surface area (TPSA) is 0 Å². The summed E-state index contributed by atoms with van der Waals surface area (Å²) in [6.07, 6.45) is 20.4. The van der Waals surface area contributed by atoms with Crippen molar-refractivity contribution in [3.8, 4) is 0 Å². The van der Waals surface area contributed by atoms with Gasteiger partial charge in [0.25, 0.3) is 0 Å². The molecule has 0 spiro atoms. The number of allylic oxidation sites excluding steroid dienone is 6. The summed E-state index contributed by atoms with van der Waals surface area (Å²) in [4.78, 5) is 0. The van der Waals surface area contributed by atoms with Crippen LogP contribution in [0.3, 0.4) is 0 Å². The molecule has 0 aliphatic carbocycles. The van der Waals surface area contributed by atoms with Crippen molar-refractivity contribution in [1.82, 2.24) is 0 Å². The van der Waals surface area contributed by atoms with Gasteiger partial charge in [0.05, 0.1) is 0 Å². The number of hydrogen-bond donors (Lipinski definition) is 0. The lowest BCUT2D eigenvalue weighted by molar-refractivity contribution is 0.683. The van der Waals surface area contributed by atoms with Gasteiger partial charge in [-0.05, 0) is 103 Å². The Morgan fingerprint density at radius 2 is 0.759 bits per heavy atom. The minimum atomic E-state index is 1.10. The lowest BCUT2D eigenvalue weighted by Gasteiger charge is -2.10. The van der Waals surface area contributed by atoms with E-state index >= 15 is 0 Å². The molecule has 0 amide bonds. The summed E-state index contributed by atoms with van der Waals surface area (Å²) < 4.78 is 0. The zero-order chi connectivity index (χ0) is 21.9. The molecule has 0 bridgehead atoms. The highest BCUT2D eigenvalue weighted by atomic mass is 14.1. The molecule has 0 nitrogen and oxygen atoms in total. The van der Waals surface area contributed by atoms with Gasteiger partial charge in [-0.15, -0.1) is 6.58 Å². The van der Waals surface area contributed by atoms with E-state index < -0.39 is 0 Å². The molecule has 0 heteroatoms. The van der Waals surface area contributed by atoms with E-state index in [4.69, 9.17) is 0 Å². The van der Waals surface area contributed by atoms with Crippen LogP contribution >= 0.6 is 0 Å². The standard InChI is InChI=1S/C29H48/c1-8-10-11-16-26(4)19-13-20-28(6)23-15-24-29(7)22-14-21-27(5)18-12-17-25(3)9-2/h8H,1,3-7,9-24H2,2H3. The molecule has 0 unspecified atom stereocenters. The van der Waals surface area contributed by atoms with Crippen molar-refractivity contribution in [3.05, 3.63) is 73.4 Å². The lowest BCUT2D eigenvalue weighted by atomic mass is 9.96. The lowest BCUT2D eigenvalue weighted by Crippen LogP contribution is -1.90. The molecule has 164 valence electrons. The first-order valence-electron chi connectivity index (χ1n) is 11.8. The molecule has 0 aromatic heterocycles. The molecule has 0 atom stereocenters. The van der Waals surface area contributed by atoms with Gasteiger partial charge in [0, 0.05) is 0 Å². The Bertz CT molecular complexity index is 528. The fraction of sp³-hybridized carbons (Fsp3) is 0.586. The maximum Gasteiger partial charge on any atom is -0.0320 e. The second kappa shape index (κ2) is 18.5. The Kier molecular flexibility index (Phi) is 17.5. The molecule has 0 radical (unpaired) electrons. The normalized spacial score (nSPS) is 10.5. The number of unbranched alkanes of at least 4 members (excludes halogenated alkanes) is 1. The molecule has 0 aromatic rings. The van der Waals surface area contributed by atoms with E-state index in [2.05, 4.69) is 46.4 Å². The van der Waals surface area contributed by atoms with Gasteiger partial charge in [-0.1, -0.05) is 73.8 Å². The van der Waals surface area contributed by atoms with E-state index in [1.807, 2.05) is 6.08 Å². The minimum Gasteiger partial charge on any atom is -0.103 e. The molecule has 0 saturated carbocycles. The highest BCUT2D eigenvalue weighted by molar-refractivity contribution is 5.02. The van der Waals surface area contributed by atoms with Gasteiger partial charge >= 0.3 is 0 Å². The summed E-state index contributed by atoms with van der Waals surface area (Å²) >= 11 is 0. The zero-order valence-electron chi connectivity index (χ0n) is 19.6. The Labute approximate surface area is 183 Å². The van der Waals surface area contributed by atoms with Crippen LogP contribution in [0.5, 0.6) is 0 Å². The van der Waals surface area contributed by atoms with Crippen LogP contribution in [0, 0.1) is 0 Å². The van der Waals surface area contributed by atoms with E-state index in [9.17, 15) is 0 Å². The van der Waals surface area contributed by atoms with Crippen LogP contribution in [0.1, 0.15) is 110 Å². The van der Waals surface area contributed by atoms with Gasteiger partial charge in [-0.3, -0.25) is 0 Å². The summed E-state index contributed by atoms with van der Waals surface area (Å²) in [6.45, 7) is 27.0. The van der Waals surface area contributed by atoms with Crippen LogP contribution in [-0.4, -0.2) is 0 Å². The summed E-state index contributed by atoms with van der Waals surface area (Å²) in [7, 11) is 0. The Morgan fingerprint density at radius 3 is 1.03 bits per heavy atom. The van der Waals surface area contributed by atoms with Crippen LogP contribution in [-0.2, 0) is 0 Å². The van der Waals surface area contributed by atoms with E-state index in [1.165, 1.54) is 60.0 Å². The highest BCUT2D eigenvalue weighted by Gasteiger charge is 2.02. The fourth-order valence-electron chi connectivity index (χ4n) is 3.53. The van der Waals surface area contributed by atoms with Crippen molar-refractivity contribution >= 4 is 0 Å². The monoisotopic (exact) mass is 396 g/mol. The van der Waals surface area contributed by atoms with Crippen molar-refractivity contribution < 1.29 is 0 Å². The van der Waals surface area contributed by atoms with E-state index in [0.29, 0.717) is 0 Å². The Hall–Kier alpha value is -1.56. The first-order chi connectivity index (χ1) is 13.9. The maximum absolute atomic E-state index is 4.28. The van der Waals surface area contributed by atoms with Crippen molar-refractivity contribution in [3.63, 3.8) is 0 Å². The predicted molar refractivity (Wildman–Crippen MR) is 135 cm³/mol. The third-order valence-corrected chi connectivity index (χ3v) is 5.68. The first-order valence-corrected chi connectivity index (χ1v) is 11.8. The Balaban J connectivity index is 3.64. The average Bonchev–Trinajstić information content (AvgIpc) is 2.68. The fourth-order valence-corrected chi connectivity index (χ4v) is 3.53. The van der Waals surface area contributed by atoms with Crippen LogP contribution in [0.15, 0.2) is 73.4 Å². The van der Waals surface area contributed by atoms with Crippen LogP contribution in [0.2, 0.25) is 0 Å². The molecule has 0 aromatic carbocycles. The quantitative estimate of drug-likeness (QED) is 0.134. The zero-order valence-corrected chi connectivity index (χ0v) is 19.6. The van der Waals surface area contributed by atoms with E-state index in [0.717, 1.165) is 70.6 Å². The molecule has 0 aliphatic rings. The summed E-state index contributed by atoms with van der Waals surface area (Å²) in [5, 5.41) is 0. The van der Waals surface area contributed by atoms with Crippen LogP contribution in [0.25, 0.3) is 0 Å². The molecular weight excluding hydrogens is 348 g/mol. The molecule has 0 rings (SSSR count). The summed E-state index contributed by atoms with van der Waals surface area (Å²) in [5.74, 6) is 0. The van der Waals surface area contributed by atoms with Gasteiger partial charge in [-0.2, -0.15) is 0 Å². The molecule has 29 heavy (non-hydrogen) atoms. The maximum atomic E-state index is 4.28. The van der Waals surface area contributed by atoms with Crippen molar-refractivity contribution in [2.75, 3.05) is 0 Å². The molecule has 0 N–H and O–H groups in total. The largest absolute Gasteiger partial charge is 0.103 e. The van der Waals surface area contributed by atoms with Gasteiger partial charge in [0.2, 0.25) is 0 Å². The third-order valence-electron chi connectivity index (χ3n) is 5.68. The second-order valence-corrected chi connectivity index (χ2v) is 8.70. The van der Waals surface area contributed by atoms with Crippen molar-refractivity contribution in [2.45, 2.75) is 110 Å². The SMILES string of the molecule is C=CCCCC(=C)CCCC(=C)CCCC(=C)CCCC(=C)CCCC(=C)CC. The molecule has 0 aliphatic heterocycles. The predicted octanol–water partition coefficient (Wildman–Crippen LogP) is 10.2. The molecule has 0 heterocycles. The van der Waals surface area contributed by atoms with Gasteiger partial charge < -0.3 is 0 Å². The van der Waals surface area contributed by atoms with E-state index in [1.54, 1.807) is 0 Å². The minimum absolute atomic E-state index is 1.10. The van der Waals surface area contributed by atoms with Gasteiger partial charge in [0.1, 0.15) is 0 Å². The first kappa shape index (κ1) is 27.4. The van der Waals surface area contributed by atoms with E-state index in [-0.39, 0.29) is 0 Å². The van der Waals surface area contributed by atoms with Crippen molar-refractivity contribution in [1.29, 1.82) is 0 Å². The summed E-state index contributed by atoms with van der Waals surface area (Å²) in [5.41, 5.74) is 6.91. The smallest absolute Gasteiger partial charge is 0.0320 e. The van der Waals surface area contributed by atoms with Crippen molar-refractivity contribution in [2.24, 2.45) is 0 Å². The summed E-state index contributed by atoms with van der Waals surface area (Å²) in [6, 6.07) is 0. The highest BCUT2D eigenvalue weighted by Crippen LogP contribution is 2.22. The Morgan fingerprint density at radius 1 is 0.483 bits per heavy atom. The van der Waals surface area contributed by atoms with Gasteiger partial charge in [-0.25, -0.2) is 0 Å². The third kappa shape index (κ3) is 18.2. The van der Waals surface area contributed by atoms with Crippen LogP contribution in [0.4, 0.5) is 0 Å². The average molecular weight is 397 g/mol. The number of hydrogen-bond acceptors (Lipinski definition) is 0. The number of rotatable bonds is 21.